The standard InChI is InChI=1S/C19H17N6O5S3/c1-8-11(33-7-21-8)4-3-9-5-31-17-13(16(27)25(17)14(9)18(28)29)23-15(26)12(24-30-2)10-6-32-19(20)22-10/h3-4,6-7,13,17H,5H2,1-2H3,(H2,20,22)(H,23,26)/b4-3-,24-12-. The summed E-state index contributed by atoms with van der Waals surface area (Å²) in [5.74, 6) is -2.39. The summed E-state index contributed by atoms with van der Waals surface area (Å²) in [5.41, 5.74) is 8.45. The van der Waals surface area contributed by atoms with Crippen molar-refractivity contribution in [2.75, 3.05) is 18.6 Å². The molecule has 2 amide bonds. The number of allylic oxidation sites excluding steroid dienone is 1. The summed E-state index contributed by atoms with van der Waals surface area (Å²) in [6, 6.07) is -0.941. The first-order valence-corrected chi connectivity index (χ1v) is 12.2. The average molecular weight is 506 g/mol. The maximum atomic E-state index is 12.8. The van der Waals surface area contributed by atoms with Crippen LogP contribution in [0, 0.1) is 6.92 Å². The van der Waals surface area contributed by atoms with Crippen LogP contribution in [-0.2, 0) is 24.3 Å². The zero-order valence-electron chi connectivity index (χ0n) is 17.3. The maximum absolute atomic E-state index is 12.8. The van der Waals surface area contributed by atoms with Gasteiger partial charge in [0.25, 0.3) is 11.8 Å². The molecule has 2 aromatic rings. The van der Waals surface area contributed by atoms with Gasteiger partial charge in [-0.2, -0.15) is 0 Å². The lowest BCUT2D eigenvalue weighted by Gasteiger charge is -2.49. The first-order valence-electron chi connectivity index (χ1n) is 9.42. The van der Waals surface area contributed by atoms with E-state index in [4.69, 9.17) is 10.6 Å². The number of hydrogen-bond donors (Lipinski definition) is 2. The molecule has 1 saturated heterocycles. The third-order valence-electron chi connectivity index (χ3n) is 4.86. The SMILES string of the molecule is CO/N=C(\C(=O)NC1C(=O)N2C(C([O])=O)=C(/C=C\c3scnc3C)CSC12)c1csc(N)n1. The van der Waals surface area contributed by atoms with Gasteiger partial charge >= 0.3 is 5.97 Å². The maximum Gasteiger partial charge on any atom is 0.403 e. The molecule has 4 rings (SSSR count). The smallest absolute Gasteiger partial charge is 0.398 e. The molecule has 0 saturated carbocycles. The lowest BCUT2D eigenvalue weighted by atomic mass is 10.0. The van der Waals surface area contributed by atoms with Crippen LogP contribution in [0.2, 0.25) is 0 Å². The van der Waals surface area contributed by atoms with E-state index in [1.54, 1.807) is 17.7 Å². The molecule has 0 bridgehead atoms. The summed E-state index contributed by atoms with van der Waals surface area (Å²) in [5, 5.41) is 19.4. The second kappa shape index (κ2) is 9.33. The third kappa shape index (κ3) is 4.36. The van der Waals surface area contributed by atoms with Crippen molar-refractivity contribution in [2.45, 2.75) is 18.3 Å². The average Bonchev–Trinajstić information content (AvgIpc) is 3.40. The van der Waals surface area contributed by atoms with Crippen molar-refractivity contribution in [1.29, 1.82) is 0 Å². The number of oxime groups is 1. The summed E-state index contributed by atoms with van der Waals surface area (Å²) in [4.78, 5) is 52.4. The number of fused-ring (bicyclic) bond motifs is 1. The van der Waals surface area contributed by atoms with Crippen LogP contribution in [-0.4, -0.2) is 62.6 Å². The summed E-state index contributed by atoms with van der Waals surface area (Å²) in [6.45, 7) is 1.85. The van der Waals surface area contributed by atoms with Crippen molar-refractivity contribution in [3.05, 3.63) is 44.5 Å². The number of carbonyl (C=O) groups is 3. The van der Waals surface area contributed by atoms with Crippen molar-refractivity contribution in [2.24, 2.45) is 5.16 Å². The van der Waals surface area contributed by atoms with Crippen LogP contribution in [0.25, 0.3) is 6.08 Å². The topological polar surface area (TPSA) is 160 Å². The van der Waals surface area contributed by atoms with Gasteiger partial charge in [-0.1, -0.05) is 11.2 Å². The molecule has 2 atom stereocenters. The Morgan fingerprint density at radius 1 is 1.36 bits per heavy atom. The molecule has 2 aromatic heterocycles. The predicted octanol–water partition coefficient (Wildman–Crippen LogP) is 1.17. The van der Waals surface area contributed by atoms with Gasteiger partial charge in [0.15, 0.2) is 10.8 Å². The largest absolute Gasteiger partial charge is 0.403 e. The second-order valence-electron chi connectivity index (χ2n) is 6.85. The fraction of sp³-hybridized carbons (Fsp3) is 0.263. The number of amides is 2. The van der Waals surface area contributed by atoms with Gasteiger partial charge < -0.3 is 15.9 Å². The zero-order chi connectivity index (χ0) is 23.7. The minimum absolute atomic E-state index is 0.142. The molecule has 1 radical (unpaired) electrons. The number of thiazole rings is 2. The summed E-state index contributed by atoms with van der Waals surface area (Å²) < 4.78 is 0. The number of β-lactam (4-membered cyclic amide) rings is 1. The number of rotatable bonds is 7. The molecule has 11 nitrogen and oxygen atoms in total. The number of thioether (sulfide) groups is 1. The van der Waals surface area contributed by atoms with Gasteiger partial charge in [0.1, 0.15) is 29.9 Å². The van der Waals surface area contributed by atoms with Crippen LogP contribution in [0.15, 0.2) is 33.4 Å². The van der Waals surface area contributed by atoms with Gasteiger partial charge in [-0.3, -0.25) is 14.5 Å². The van der Waals surface area contributed by atoms with Gasteiger partial charge in [0, 0.05) is 16.0 Å². The van der Waals surface area contributed by atoms with Gasteiger partial charge in [0.2, 0.25) is 0 Å². The number of nitrogens with two attached hydrogens (primary N) is 1. The molecule has 33 heavy (non-hydrogen) atoms. The molecular weight excluding hydrogens is 488 g/mol. The number of nitrogen functional groups attached to an aromatic ring is 1. The molecule has 2 aliphatic heterocycles. The summed E-state index contributed by atoms with van der Waals surface area (Å²) >= 11 is 3.89. The van der Waals surface area contributed by atoms with E-state index >= 15 is 0 Å². The van der Waals surface area contributed by atoms with Gasteiger partial charge in [-0.05, 0) is 18.6 Å². The fourth-order valence-electron chi connectivity index (χ4n) is 3.31. The van der Waals surface area contributed by atoms with Crippen LogP contribution in [0.5, 0.6) is 0 Å². The molecule has 4 heterocycles. The Morgan fingerprint density at radius 3 is 2.76 bits per heavy atom. The number of carbonyl (C=O) groups excluding carboxylic acids is 3. The minimum Gasteiger partial charge on any atom is -0.398 e. The molecule has 1 fully saturated rings. The van der Waals surface area contributed by atoms with E-state index in [0.717, 1.165) is 26.8 Å². The molecule has 171 valence electrons. The van der Waals surface area contributed by atoms with Crippen LogP contribution in [0.3, 0.4) is 0 Å². The predicted molar refractivity (Wildman–Crippen MR) is 124 cm³/mol. The number of aryl methyl sites for hydroxylation is 1. The Hall–Kier alpha value is -3.23. The number of nitrogens with one attached hydrogen (secondary N) is 1. The van der Waals surface area contributed by atoms with Crippen molar-refractivity contribution in [1.82, 2.24) is 20.2 Å². The Kier molecular flexibility index (Phi) is 6.49. The molecule has 3 N–H and O–H groups in total. The Morgan fingerprint density at radius 2 is 2.15 bits per heavy atom. The first-order chi connectivity index (χ1) is 15.8. The number of nitrogens with zero attached hydrogens (tertiary/aromatic N) is 4. The van der Waals surface area contributed by atoms with E-state index in [2.05, 4.69) is 20.4 Å². The lowest BCUT2D eigenvalue weighted by Crippen LogP contribution is -2.71. The molecule has 0 spiro atoms. The third-order valence-corrected chi connectivity index (χ3v) is 7.73. The van der Waals surface area contributed by atoms with E-state index in [0.29, 0.717) is 11.3 Å². The fourth-order valence-corrected chi connectivity index (χ4v) is 5.87. The van der Waals surface area contributed by atoms with E-state index < -0.39 is 29.2 Å². The van der Waals surface area contributed by atoms with E-state index in [9.17, 15) is 19.5 Å². The van der Waals surface area contributed by atoms with Crippen LogP contribution < -0.4 is 11.1 Å². The van der Waals surface area contributed by atoms with Gasteiger partial charge in [-0.25, -0.2) is 19.9 Å². The van der Waals surface area contributed by atoms with Crippen molar-refractivity contribution < 1.29 is 24.3 Å². The van der Waals surface area contributed by atoms with Crippen LogP contribution in [0.1, 0.15) is 16.3 Å². The molecule has 0 aliphatic carbocycles. The number of anilines is 1. The minimum atomic E-state index is -1.46. The monoisotopic (exact) mass is 505 g/mol. The van der Waals surface area contributed by atoms with Crippen molar-refractivity contribution in [3.63, 3.8) is 0 Å². The van der Waals surface area contributed by atoms with Crippen LogP contribution >= 0.6 is 34.4 Å². The highest BCUT2D eigenvalue weighted by Gasteiger charge is 2.54. The summed E-state index contributed by atoms with van der Waals surface area (Å²) in [7, 11) is 1.27. The van der Waals surface area contributed by atoms with Crippen LogP contribution in [0.4, 0.5) is 5.13 Å². The Bertz CT molecular complexity index is 1220. The van der Waals surface area contributed by atoms with Crippen molar-refractivity contribution >= 4 is 69.1 Å². The van der Waals surface area contributed by atoms with E-state index in [1.165, 1.54) is 35.6 Å². The molecule has 14 heteroatoms. The Labute approximate surface area is 200 Å². The highest BCUT2D eigenvalue weighted by atomic mass is 32.2. The van der Waals surface area contributed by atoms with Crippen molar-refractivity contribution in [3.8, 4) is 0 Å². The Balaban J connectivity index is 1.54. The quantitative estimate of drug-likeness (QED) is 0.322. The number of aromatic nitrogens is 2. The molecular formula is C19H17N6O5S3. The molecule has 0 aromatic carbocycles. The first kappa shape index (κ1) is 22.9. The lowest BCUT2D eigenvalue weighted by molar-refractivity contribution is -0.152. The normalized spacial score (nSPS) is 20.6. The zero-order valence-corrected chi connectivity index (χ0v) is 19.8. The highest BCUT2D eigenvalue weighted by Crippen LogP contribution is 2.41. The summed E-state index contributed by atoms with van der Waals surface area (Å²) in [6.07, 6.45) is 3.42. The molecule has 2 aliphatic rings. The van der Waals surface area contributed by atoms with E-state index in [-0.39, 0.29) is 22.2 Å². The van der Waals surface area contributed by atoms with E-state index in [1.807, 2.05) is 6.92 Å². The second-order valence-corrected chi connectivity index (χ2v) is 9.73. The van der Waals surface area contributed by atoms with Gasteiger partial charge in [0.05, 0.1) is 11.2 Å². The van der Waals surface area contributed by atoms with Gasteiger partial charge in [-0.15, -0.1) is 34.4 Å². The number of hydrogen-bond acceptors (Lipinski definition) is 11. The molecule has 2 unspecified atom stereocenters. The highest BCUT2D eigenvalue weighted by molar-refractivity contribution is 8.00.